The molecule has 1 aliphatic heterocycles. The first-order chi connectivity index (χ1) is 13.8. The molecule has 1 fully saturated rings. The van der Waals surface area contributed by atoms with E-state index < -0.39 is 33.8 Å². The van der Waals surface area contributed by atoms with Gasteiger partial charge in [0.1, 0.15) is 11.6 Å². The second kappa shape index (κ2) is 8.27. The van der Waals surface area contributed by atoms with Crippen molar-refractivity contribution in [2.24, 2.45) is 5.73 Å². The minimum Gasteiger partial charge on any atom is -0.361 e. The van der Waals surface area contributed by atoms with Crippen LogP contribution >= 0.6 is 0 Å². The summed E-state index contributed by atoms with van der Waals surface area (Å²) in [6, 6.07) is 5.62. The summed E-state index contributed by atoms with van der Waals surface area (Å²) in [7, 11) is -4.18. The van der Waals surface area contributed by atoms with E-state index >= 15 is 0 Å². The molecule has 1 atom stereocenters. The molecule has 156 valence electrons. The number of halogens is 1. The maximum Gasteiger partial charge on any atom is 0.277 e. The molecule has 29 heavy (non-hydrogen) atoms. The number of nitrogens with two attached hydrogens (primary N) is 1. The van der Waals surface area contributed by atoms with E-state index in [-0.39, 0.29) is 36.8 Å². The Balaban J connectivity index is 1.96. The second-order valence-electron chi connectivity index (χ2n) is 6.34. The number of nitrogens with zero attached hydrogens (tertiary/aromatic N) is 3. The molecule has 0 aliphatic carbocycles. The zero-order valence-corrected chi connectivity index (χ0v) is 16.4. The van der Waals surface area contributed by atoms with Crippen molar-refractivity contribution in [1.29, 1.82) is 0 Å². The van der Waals surface area contributed by atoms with Crippen LogP contribution in [-0.4, -0.2) is 66.9 Å². The van der Waals surface area contributed by atoms with Crippen LogP contribution < -0.4 is 11.1 Å². The van der Waals surface area contributed by atoms with Gasteiger partial charge in [0.15, 0.2) is 11.9 Å². The van der Waals surface area contributed by atoms with Crippen LogP contribution in [0.3, 0.4) is 0 Å². The fourth-order valence-electron chi connectivity index (χ4n) is 2.99. The Kier molecular flexibility index (Phi) is 5.96. The minimum absolute atomic E-state index is 0.0358. The Morgan fingerprint density at radius 1 is 1.31 bits per heavy atom. The predicted molar refractivity (Wildman–Crippen MR) is 98.4 cm³/mol. The van der Waals surface area contributed by atoms with Gasteiger partial charge in [-0.1, -0.05) is 5.16 Å². The standard InChI is InChI=1S/C17H20FN5O5S/c1-11-10-14(21-28-11)17(25)22-8-9-23(16(22)15(24)20-7-6-19)29(26,27)13-4-2-12(18)3-5-13/h2-5,10,16H,6-9,19H2,1H3,(H,20,24). The van der Waals surface area contributed by atoms with Gasteiger partial charge in [-0.15, -0.1) is 0 Å². The van der Waals surface area contributed by atoms with Crippen molar-refractivity contribution in [3.63, 3.8) is 0 Å². The molecule has 1 saturated heterocycles. The van der Waals surface area contributed by atoms with Crippen LogP contribution in [-0.2, 0) is 14.8 Å². The van der Waals surface area contributed by atoms with Crippen molar-refractivity contribution in [3.8, 4) is 0 Å². The molecule has 12 heteroatoms. The highest BCUT2D eigenvalue weighted by atomic mass is 32.2. The maximum absolute atomic E-state index is 13.2. The molecule has 0 spiro atoms. The first kappa shape index (κ1) is 20.9. The number of aromatic nitrogens is 1. The minimum atomic E-state index is -4.18. The largest absolute Gasteiger partial charge is 0.361 e. The fraction of sp³-hybridized carbons (Fsp3) is 0.353. The Morgan fingerprint density at radius 2 is 2.00 bits per heavy atom. The first-order valence-corrected chi connectivity index (χ1v) is 10.2. The van der Waals surface area contributed by atoms with Gasteiger partial charge in [0.2, 0.25) is 10.0 Å². The molecule has 1 unspecified atom stereocenters. The lowest BCUT2D eigenvalue weighted by Crippen LogP contribution is -2.54. The molecule has 3 N–H and O–H groups in total. The summed E-state index contributed by atoms with van der Waals surface area (Å²) in [5.74, 6) is -1.55. The van der Waals surface area contributed by atoms with Crippen LogP contribution in [0.1, 0.15) is 16.2 Å². The van der Waals surface area contributed by atoms with Gasteiger partial charge in [-0.25, -0.2) is 12.8 Å². The van der Waals surface area contributed by atoms with E-state index in [0.717, 1.165) is 33.5 Å². The lowest BCUT2D eigenvalue weighted by molar-refractivity contribution is -0.127. The van der Waals surface area contributed by atoms with E-state index in [1.54, 1.807) is 6.92 Å². The van der Waals surface area contributed by atoms with E-state index in [9.17, 15) is 22.4 Å². The third kappa shape index (κ3) is 4.13. The number of rotatable bonds is 6. The Morgan fingerprint density at radius 3 is 2.59 bits per heavy atom. The molecule has 3 rings (SSSR count). The zero-order valence-electron chi connectivity index (χ0n) is 15.5. The quantitative estimate of drug-likeness (QED) is 0.646. The van der Waals surface area contributed by atoms with Crippen molar-refractivity contribution in [3.05, 3.63) is 47.6 Å². The lowest BCUT2D eigenvalue weighted by atomic mass is 10.3. The van der Waals surface area contributed by atoms with Crippen LogP contribution in [0.2, 0.25) is 0 Å². The third-order valence-corrected chi connectivity index (χ3v) is 6.20. The van der Waals surface area contributed by atoms with Gasteiger partial charge >= 0.3 is 0 Å². The predicted octanol–water partition coefficient (Wildman–Crippen LogP) is -0.330. The number of sulfonamides is 1. The van der Waals surface area contributed by atoms with Crippen molar-refractivity contribution < 1.29 is 26.9 Å². The maximum atomic E-state index is 13.2. The first-order valence-electron chi connectivity index (χ1n) is 8.75. The number of carbonyl (C=O) groups excluding carboxylic acids is 2. The summed E-state index contributed by atoms with van der Waals surface area (Å²) in [5.41, 5.74) is 5.36. The number of hydrogen-bond donors (Lipinski definition) is 2. The van der Waals surface area contributed by atoms with Gasteiger partial charge in [-0.2, -0.15) is 4.31 Å². The van der Waals surface area contributed by atoms with Gasteiger partial charge in [-0.3, -0.25) is 9.59 Å². The zero-order chi connectivity index (χ0) is 21.2. The highest BCUT2D eigenvalue weighted by Gasteiger charge is 2.47. The van der Waals surface area contributed by atoms with Crippen LogP contribution in [0, 0.1) is 12.7 Å². The normalized spacial score (nSPS) is 17.5. The smallest absolute Gasteiger partial charge is 0.277 e. The summed E-state index contributed by atoms with van der Waals surface area (Å²) >= 11 is 0. The van der Waals surface area contributed by atoms with Crippen molar-refractivity contribution in [2.45, 2.75) is 18.0 Å². The van der Waals surface area contributed by atoms with Gasteiger partial charge in [0, 0.05) is 32.2 Å². The molecular weight excluding hydrogens is 405 g/mol. The Hall–Kier alpha value is -2.83. The van der Waals surface area contributed by atoms with Crippen LogP contribution in [0.5, 0.6) is 0 Å². The number of nitrogens with one attached hydrogen (secondary N) is 1. The van der Waals surface area contributed by atoms with E-state index in [1.165, 1.54) is 6.07 Å². The number of amides is 2. The van der Waals surface area contributed by atoms with Crippen molar-refractivity contribution in [1.82, 2.24) is 19.7 Å². The van der Waals surface area contributed by atoms with E-state index in [4.69, 9.17) is 10.3 Å². The molecule has 2 amide bonds. The summed E-state index contributed by atoms with van der Waals surface area (Å²) in [4.78, 5) is 26.5. The van der Waals surface area contributed by atoms with Crippen LogP contribution in [0.15, 0.2) is 39.8 Å². The molecule has 1 aromatic heterocycles. The second-order valence-corrected chi connectivity index (χ2v) is 8.23. The molecule has 2 aromatic rings. The highest BCUT2D eigenvalue weighted by Crippen LogP contribution is 2.26. The number of carbonyl (C=O) groups is 2. The van der Waals surface area contributed by atoms with Gasteiger partial charge in [0.05, 0.1) is 4.90 Å². The lowest BCUT2D eigenvalue weighted by Gasteiger charge is -2.28. The molecule has 0 bridgehead atoms. The fourth-order valence-corrected chi connectivity index (χ4v) is 4.53. The summed E-state index contributed by atoms with van der Waals surface area (Å²) in [6.45, 7) is 1.68. The highest BCUT2D eigenvalue weighted by molar-refractivity contribution is 7.89. The average molecular weight is 425 g/mol. The van der Waals surface area contributed by atoms with E-state index in [2.05, 4.69) is 10.5 Å². The molecule has 0 saturated carbocycles. The number of hydrogen-bond acceptors (Lipinski definition) is 7. The van der Waals surface area contributed by atoms with Crippen LogP contribution in [0.25, 0.3) is 0 Å². The summed E-state index contributed by atoms with van der Waals surface area (Å²) in [6.07, 6.45) is -1.44. The van der Waals surface area contributed by atoms with Crippen LogP contribution in [0.4, 0.5) is 4.39 Å². The third-order valence-electron chi connectivity index (χ3n) is 4.34. The number of aryl methyl sites for hydroxylation is 1. The van der Waals surface area contributed by atoms with Crippen molar-refractivity contribution >= 4 is 21.8 Å². The van der Waals surface area contributed by atoms with E-state index in [1.807, 2.05) is 0 Å². The molecule has 1 aromatic carbocycles. The monoisotopic (exact) mass is 425 g/mol. The van der Waals surface area contributed by atoms with Crippen molar-refractivity contribution in [2.75, 3.05) is 26.2 Å². The molecule has 0 radical (unpaired) electrons. The Labute approximate surface area is 166 Å². The summed E-state index contributed by atoms with van der Waals surface area (Å²) in [5, 5.41) is 6.15. The van der Waals surface area contributed by atoms with Gasteiger partial charge in [0.25, 0.3) is 11.8 Å². The SMILES string of the molecule is Cc1cc(C(=O)N2CCN(S(=O)(=O)c3ccc(F)cc3)C2C(=O)NCCN)no1. The summed E-state index contributed by atoms with van der Waals surface area (Å²) < 4.78 is 45.1. The average Bonchev–Trinajstić information content (AvgIpc) is 3.33. The molecule has 10 nitrogen and oxygen atoms in total. The molecule has 2 heterocycles. The van der Waals surface area contributed by atoms with Gasteiger partial charge < -0.3 is 20.5 Å². The molecule has 1 aliphatic rings. The Bertz CT molecular complexity index is 1010. The van der Waals surface area contributed by atoms with E-state index in [0.29, 0.717) is 5.76 Å². The number of benzene rings is 1. The molecular formula is C17H20FN5O5S. The topological polar surface area (TPSA) is 139 Å². The van der Waals surface area contributed by atoms with Gasteiger partial charge in [-0.05, 0) is 31.2 Å².